The van der Waals surface area contributed by atoms with Crippen LogP contribution in [-0.2, 0) is 9.53 Å². The second kappa shape index (κ2) is 7.73. The average molecular weight is 352 g/mol. The second-order valence-corrected chi connectivity index (χ2v) is 5.73. The minimum Gasteiger partial charge on any atom is -0.512 e. The molecule has 1 aliphatic carbocycles. The van der Waals surface area contributed by atoms with Gasteiger partial charge in [-0.15, -0.1) is 12.4 Å². The molecule has 0 atom stereocenters. The Morgan fingerprint density at radius 1 is 1.38 bits per heavy atom. The van der Waals surface area contributed by atoms with Gasteiger partial charge in [0.1, 0.15) is 11.5 Å². The minimum absolute atomic E-state index is 0. The van der Waals surface area contributed by atoms with Crippen molar-refractivity contribution in [2.45, 2.75) is 13.3 Å². The summed E-state index contributed by atoms with van der Waals surface area (Å²) in [6.07, 6.45) is 2.62. The Morgan fingerprint density at radius 3 is 2.83 bits per heavy atom. The number of fused-ring (bicyclic) bond motifs is 1. The molecule has 0 bridgehead atoms. The van der Waals surface area contributed by atoms with Gasteiger partial charge in [0, 0.05) is 26.1 Å². The maximum absolute atomic E-state index is 11.9. The molecule has 1 aliphatic heterocycles. The molecule has 1 heterocycles. The van der Waals surface area contributed by atoms with Crippen molar-refractivity contribution in [3.05, 3.63) is 40.7 Å². The normalized spacial score (nSPS) is 16.5. The topological polar surface area (TPSA) is 59.0 Å². The highest BCUT2D eigenvalue weighted by Gasteiger charge is 2.27. The number of ether oxygens (including phenoxy) is 2. The summed E-state index contributed by atoms with van der Waals surface area (Å²) < 4.78 is 10.2. The highest BCUT2D eigenvalue weighted by atomic mass is 35.5. The fourth-order valence-corrected chi connectivity index (χ4v) is 2.98. The minimum atomic E-state index is -0.414. The van der Waals surface area contributed by atoms with Crippen LogP contribution < -0.4 is 4.74 Å². The fraction of sp³-hybridized carbons (Fsp3) is 0.389. The monoisotopic (exact) mass is 351 g/mol. The molecule has 0 saturated carbocycles. The third kappa shape index (κ3) is 3.57. The van der Waals surface area contributed by atoms with Crippen LogP contribution in [0.25, 0.3) is 11.6 Å². The zero-order valence-electron chi connectivity index (χ0n) is 13.9. The van der Waals surface area contributed by atoms with Crippen LogP contribution in [0.15, 0.2) is 29.5 Å². The van der Waals surface area contributed by atoms with Crippen LogP contribution in [0.5, 0.6) is 5.75 Å². The highest BCUT2D eigenvalue weighted by molar-refractivity contribution is 5.96. The van der Waals surface area contributed by atoms with E-state index in [1.807, 2.05) is 12.1 Å². The Balaban J connectivity index is 0.00000208. The number of benzene rings is 1. The number of esters is 1. The zero-order chi connectivity index (χ0) is 16.4. The van der Waals surface area contributed by atoms with E-state index in [1.54, 1.807) is 14.0 Å². The van der Waals surface area contributed by atoms with E-state index in [0.717, 1.165) is 18.8 Å². The number of rotatable bonds is 5. The molecule has 1 N–H and O–H groups in total. The first-order chi connectivity index (χ1) is 11.1. The number of carbonyl (C=O) groups is 1. The van der Waals surface area contributed by atoms with Crippen LogP contribution in [-0.4, -0.2) is 49.3 Å². The first kappa shape index (κ1) is 18.4. The number of aliphatic hydroxyl groups is 1. The summed E-state index contributed by atoms with van der Waals surface area (Å²) in [6, 6.07) is 6.04. The third-order valence-electron chi connectivity index (χ3n) is 4.25. The molecule has 0 amide bonds. The molecule has 0 unspecified atom stereocenters. The van der Waals surface area contributed by atoms with Crippen LogP contribution in [0.3, 0.4) is 0 Å². The lowest BCUT2D eigenvalue weighted by Crippen LogP contribution is -2.36. The van der Waals surface area contributed by atoms with E-state index in [9.17, 15) is 9.90 Å². The van der Waals surface area contributed by atoms with E-state index in [2.05, 4.69) is 17.0 Å². The van der Waals surface area contributed by atoms with Gasteiger partial charge in [0.2, 0.25) is 0 Å². The van der Waals surface area contributed by atoms with Crippen LogP contribution in [0.2, 0.25) is 0 Å². The van der Waals surface area contributed by atoms with Crippen LogP contribution >= 0.6 is 12.4 Å². The third-order valence-corrected chi connectivity index (χ3v) is 4.25. The molecule has 0 radical (unpaired) electrons. The lowest BCUT2D eigenvalue weighted by Gasteiger charge is -2.31. The van der Waals surface area contributed by atoms with Crippen molar-refractivity contribution in [3.8, 4) is 5.75 Å². The van der Waals surface area contributed by atoms with Crippen LogP contribution in [0, 0.1) is 0 Å². The van der Waals surface area contributed by atoms with Crippen molar-refractivity contribution in [1.29, 1.82) is 0 Å². The molecule has 0 aromatic heterocycles. The fourth-order valence-electron chi connectivity index (χ4n) is 2.98. The number of halogens is 1. The van der Waals surface area contributed by atoms with Crippen molar-refractivity contribution in [2.24, 2.45) is 0 Å². The summed E-state index contributed by atoms with van der Waals surface area (Å²) in [7, 11) is 1.66. The average Bonchev–Trinajstić information content (AvgIpc) is 2.53. The van der Waals surface area contributed by atoms with Crippen molar-refractivity contribution in [1.82, 2.24) is 4.90 Å². The molecular formula is C18H22ClNO4. The van der Waals surface area contributed by atoms with Gasteiger partial charge in [-0.25, -0.2) is 4.79 Å². The quantitative estimate of drug-likeness (QED) is 0.826. The summed E-state index contributed by atoms with van der Waals surface area (Å²) in [4.78, 5) is 14.1. The second-order valence-electron chi connectivity index (χ2n) is 5.73. The van der Waals surface area contributed by atoms with Gasteiger partial charge in [-0.1, -0.05) is 6.07 Å². The molecule has 6 heteroatoms. The lowest BCUT2D eigenvalue weighted by atomic mass is 9.87. The molecule has 0 spiro atoms. The number of methoxy groups -OCH3 is 1. The Morgan fingerprint density at radius 2 is 2.17 bits per heavy atom. The van der Waals surface area contributed by atoms with Gasteiger partial charge in [0.15, 0.2) is 0 Å². The molecule has 2 aliphatic rings. The molecule has 130 valence electrons. The number of nitrogens with zero attached hydrogens (tertiary/aromatic N) is 1. The predicted octanol–water partition coefficient (Wildman–Crippen LogP) is 3.05. The molecule has 24 heavy (non-hydrogen) atoms. The van der Waals surface area contributed by atoms with Gasteiger partial charge in [-0.2, -0.15) is 0 Å². The molecule has 0 fully saturated rings. The van der Waals surface area contributed by atoms with Gasteiger partial charge >= 0.3 is 5.97 Å². The van der Waals surface area contributed by atoms with Gasteiger partial charge in [-0.3, -0.25) is 4.90 Å². The van der Waals surface area contributed by atoms with E-state index >= 15 is 0 Å². The number of carbonyl (C=O) groups excluding carboxylic acids is 1. The first-order valence-electron chi connectivity index (χ1n) is 7.81. The number of hydrogen-bond acceptors (Lipinski definition) is 5. The van der Waals surface area contributed by atoms with E-state index in [-0.39, 0.29) is 18.2 Å². The van der Waals surface area contributed by atoms with Gasteiger partial charge in [-0.05, 0) is 41.8 Å². The van der Waals surface area contributed by atoms with Crippen molar-refractivity contribution < 1.29 is 19.4 Å². The molecule has 0 saturated heterocycles. The zero-order valence-corrected chi connectivity index (χ0v) is 14.7. The lowest BCUT2D eigenvalue weighted by molar-refractivity contribution is -0.139. The van der Waals surface area contributed by atoms with E-state index in [4.69, 9.17) is 9.47 Å². The van der Waals surface area contributed by atoms with E-state index in [1.165, 1.54) is 16.7 Å². The van der Waals surface area contributed by atoms with E-state index in [0.29, 0.717) is 25.1 Å². The number of aliphatic hydroxyl groups excluding tert-OH is 1. The maximum atomic E-state index is 11.9. The van der Waals surface area contributed by atoms with Crippen molar-refractivity contribution in [2.75, 3.05) is 33.4 Å². The standard InChI is InChI=1S/C18H21NO4.ClH/c1-3-23-18(21)16-11-19(7-6-17(16)20)10-13-8-12-9-14(22-2)4-5-15(12)13;/h4-5,8-9,20H,3,6-7,10-11H2,1-2H3;1H. The number of hydrogen-bond donors (Lipinski definition) is 1. The smallest absolute Gasteiger partial charge is 0.338 e. The first-order valence-corrected chi connectivity index (χ1v) is 7.81. The Labute approximate surface area is 148 Å². The van der Waals surface area contributed by atoms with Crippen LogP contribution in [0.1, 0.15) is 24.5 Å². The van der Waals surface area contributed by atoms with Gasteiger partial charge < -0.3 is 14.6 Å². The molecular weight excluding hydrogens is 330 g/mol. The Bertz CT molecular complexity index is 696. The predicted molar refractivity (Wildman–Crippen MR) is 95.5 cm³/mol. The molecule has 3 rings (SSSR count). The molecule has 1 aromatic carbocycles. The Kier molecular flexibility index (Phi) is 5.91. The summed E-state index contributed by atoms with van der Waals surface area (Å²) in [6.45, 7) is 4.00. The Hall–Kier alpha value is -1.98. The molecule has 5 nitrogen and oxygen atoms in total. The summed E-state index contributed by atoms with van der Waals surface area (Å²) in [5.41, 5.74) is 4.03. The molecule has 1 aromatic rings. The van der Waals surface area contributed by atoms with Crippen molar-refractivity contribution in [3.63, 3.8) is 0 Å². The summed E-state index contributed by atoms with van der Waals surface area (Å²) in [5, 5.41) is 9.93. The van der Waals surface area contributed by atoms with Crippen molar-refractivity contribution >= 4 is 30.0 Å². The van der Waals surface area contributed by atoms with E-state index < -0.39 is 5.97 Å². The maximum Gasteiger partial charge on any atom is 0.338 e. The summed E-state index contributed by atoms with van der Waals surface area (Å²) in [5.74, 6) is 0.601. The summed E-state index contributed by atoms with van der Waals surface area (Å²) >= 11 is 0. The van der Waals surface area contributed by atoms with Gasteiger partial charge in [0.25, 0.3) is 0 Å². The van der Waals surface area contributed by atoms with Crippen LogP contribution in [0.4, 0.5) is 0 Å². The highest BCUT2D eigenvalue weighted by Crippen LogP contribution is 2.36. The van der Waals surface area contributed by atoms with Gasteiger partial charge in [0.05, 0.1) is 19.3 Å². The SMILES string of the molecule is CCOC(=O)C1=C(O)CCN(CC2=Cc3cc(OC)ccc32)C1.Cl. The largest absolute Gasteiger partial charge is 0.512 e.